The predicted octanol–water partition coefficient (Wildman–Crippen LogP) is 2.49. The summed E-state index contributed by atoms with van der Waals surface area (Å²) >= 11 is 6.24. The molecule has 1 saturated heterocycles. The third-order valence-electron chi connectivity index (χ3n) is 4.52. The zero-order chi connectivity index (χ0) is 19.1. The number of hydrogen-bond donors (Lipinski definition) is 2. The molecule has 0 saturated carbocycles. The molecule has 3 amide bonds. The predicted molar refractivity (Wildman–Crippen MR) is 107 cm³/mol. The summed E-state index contributed by atoms with van der Waals surface area (Å²) in [5, 5.41) is 6.09. The third-order valence-corrected chi connectivity index (χ3v) is 4.84. The van der Waals surface area contributed by atoms with Crippen molar-refractivity contribution >= 4 is 29.2 Å². The number of anilines is 1. The fourth-order valence-electron chi connectivity index (χ4n) is 3.01. The minimum Gasteiger partial charge on any atom is -0.367 e. The molecule has 1 fully saturated rings. The van der Waals surface area contributed by atoms with Gasteiger partial charge in [-0.25, -0.2) is 4.79 Å². The second kappa shape index (κ2) is 9.28. The van der Waals surface area contributed by atoms with Crippen LogP contribution in [0.1, 0.15) is 5.56 Å². The lowest BCUT2D eigenvalue weighted by atomic mass is 10.2. The van der Waals surface area contributed by atoms with E-state index in [1.807, 2.05) is 54.6 Å². The maximum Gasteiger partial charge on any atom is 0.315 e. The molecular formula is C20H23ClN4O2. The van der Waals surface area contributed by atoms with Gasteiger partial charge in [-0.05, 0) is 17.7 Å². The zero-order valence-corrected chi connectivity index (χ0v) is 15.8. The Morgan fingerprint density at radius 1 is 0.889 bits per heavy atom. The third kappa shape index (κ3) is 5.37. The monoisotopic (exact) mass is 386 g/mol. The largest absolute Gasteiger partial charge is 0.367 e. The first-order valence-electron chi connectivity index (χ1n) is 8.96. The Morgan fingerprint density at radius 2 is 1.56 bits per heavy atom. The Kier molecular flexibility index (Phi) is 6.54. The van der Waals surface area contributed by atoms with Gasteiger partial charge in [0.05, 0.1) is 17.3 Å². The second-order valence-corrected chi connectivity index (χ2v) is 6.75. The molecule has 0 spiro atoms. The van der Waals surface area contributed by atoms with E-state index in [-0.39, 0.29) is 18.5 Å². The van der Waals surface area contributed by atoms with Crippen LogP contribution in [0.25, 0.3) is 0 Å². The number of benzene rings is 2. The Bertz CT molecular complexity index is 777. The van der Waals surface area contributed by atoms with Gasteiger partial charge in [-0.15, -0.1) is 0 Å². The fraction of sp³-hybridized carbons (Fsp3) is 0.300. The first-order valence-corrected chi connectivity index (χ1v) is 9.34. The Balaban J connectivity index is 1.39. The van der Waals surface area contributed by atoms with Crippen LogP contribution < -0.4 is 15.5 Å². The van der Waals surface area contributed by atoms with Crippen molar-refractivity contribution in [2.75, 3.05) is 37.6 Å². The van der Waals surface area contributed by atoms with Gasteiger partial charge in [-0.2, -0.15) is 0 Å². The van der Waals surface area contributed by atoms with Gasteiger partial charge in [0.15, 0.2) is 0 Å². The van der Waals surface area contributed by atoms with E-state index in [2.05, 4.69) is 15.5 Å². The number of amides is 3. The van der Waals surface area contributed by atoms with Crippen molar-refractivity contribution < 1.29 is 9.59 Å². The summed E-state index contributed by atoms with van der Waals surface area (Å²) < 4.78 is 0. The lowest BCUT2D eigenvalue weighted by Crippen LogP contribution is -2.52. The first-order chi connectivity index (χ1) is 13.1. The van der Waals surface area contributed by atoms with Gasteiger partial charge in [-0.1, -0.05) is 54.1 Å². The lowest BCUT2D eigenvalue weighted by molar-refractivity contribution is -0.130. The number of carbonyl (C=O) groups is 2. The van der Waals surface area contributed by atoms with E-state index in [9.17, 15) is 9.59 Å². The van der Waals surface area contributed by atoms with Crippen molar-refractivity contribution in [3.63, 3.8) is 0 Å². The molecule has 2 aromatic carbocycles. The van der Waals surface area contributed by atoms with Gasteiger partial charge in [-0.3, -0.25) is 4.79 Å². The van der Waals surface area contributed by atoms with Gasteiger partial charge in [0.1, 0.15) is 0 Å². The molecule has 6 nitrogen and oxygen atoms in total. The van der Waals surface area contributed by atoms with Crippen LogP contribution in [0.4, 0.5) is 10.5 Å². The highest BCUT2D eigenvalue weighted by atomic mass is 35.5. The molecule has 27 heavy (non-hydrogen) atoms. The molecule has 1 aliphatic heterocycles. The van der Waals surface area contributed by atoms with Crippen LogP contribution in [0.3, 0.4) is 0 Å². The maximum absolute atomic E-state index is 12.3. The van der Waals surface area contributed by atoms with E-state index in [4.69, 9.17) is 11.6 Å². The number of rotatable bonds is 5. The Hall–Kier alpha value is -2.73. The molecule has 0 aromatic heterocycles. The van der Waals surface area contributed by atoms with Crippen LogP contribution in [0.2, 0.25) is 5.02 Å². The number of urea groups is 1. The number of carbonyl (C=O) groups excluding carboxylic acids is 2. The molecule has 1 aliphatic rings. The molecule has 2 aromatic rings. The quantitative estimate of drug-likeness (QED) is 0.829. The van der Waals surface area contributed by atoms with Gasteiger partial charge < -0.3 is 20.4 Å². The van der Waals surface area contributed by atoms with Crippen LogP contribution in [-0.2, 0) is 11.3 Å². The van der Waals surface area contributed by atoms with Crippen molar-refractivity contribution in [3.05, 3.63) is 65.2 Å². The standard InChI is InChI=1S/C20H23ClN4O2/c21-17-8-4-5-9-18(17)24-10-12-25(13-11-24)19(26)15-23-20(27)22-14-16-6-2-1-3-7-16/h1-9H,10-15H2,(H2,22,23,27). The van der Waals surface area contributed by atoms with Gasteiger partial charge in [0, 0.05) is 32.7 Å². The molecule has 0 radical (unpaired) electrons. The molecule has 0 bridgehead atoms. The Labute approximate surface area is 164 Å². The number of hydrogen-bond acceptors (Lipinski definition) is 3. The minimum absolute atomic E-state index is 0.00723. The van der Waals surface area contributed by atoms with E-state index in [1.54, 1.807) is 4.90 Å². The topological polar surface area (TPSA) is 64.7 Å². The van der Waals surface area contributed by atoms with Gasteiger partial charge >= 0.3 is 6.03 Å². The number of nitrogens with zero attached hydrogens (tertiary/aromatic N) is 2. The number of piperazine rings is 1. The average Bonchev–Trinajstić information content (AvgIpc) is 2.72. The van der Waals surface area contributed by atoms with Crippen LogP contribution in [0.5, 0.6) is 0 Å². The molecule has 2 N–H and O–H groups in total. The summed E-state index contributed by atoms with van der Waals surface area (Å²) in [6, 6.07) is 17.0. The minimum atomic E-state index is -0.345. The molecule has 0 aliphatic carbocycles. The van der Waals surface area contributed by atoms with Gasteiger partial charge in [0.25, 0.3) is 0 Å². The van der Waals surface area contributed by atoms with Crippen molar-refractivity contribution in [1.82, 2.24) is 15.5 Å². The first kappa shape index (κ1) is 19.0. The summed E-state index contributed by atoms with van der Waals surface area (Å²) in [5.41, 5.74) is 2.00. The van der Waals surface area contributed by atoms with Crippen molar-refractivity contribution in [3.8, 4) is 0 Å². The number of para-hydroxylation sites is 1. The molecule has 7 heteroatoms. The molecule has 0 atom stereocenters. The second-order valence-electron chi connectivity index (χ2n) is 6.34. The summed E-state index contributed by atoms with van der Waals surface area (Å²) in [5.74, 6) is -0.0799. The summed E-state index contributed by atoms with van der Waals surface area (Å²) in [4.78, 5) is 28.1. The van der Waals surface area contributed by atoms with Crippen molar-refractivity contribution in [1.29, 1.82) is 0 Å². The summed E-state index contributed by atoms with van der Waals surface area (Å²) in [7, 11) is 0. The molecule has 0 unspecified atom stereocenters. The summed E-state index contributed by atoms with van der Waals surface area (Å²) in [6.45, 7) is 3.07. The van der Waals surface area contributed by atoms with Crippen LogP contribution in [-0.4, -0.2) is 49.6 Å². The number of halogens is 1. The van der Waals surface area contributed by atoms with Gasteiger partial charge in [0.2, 0.25) is 5.91 Å². The van der Waals surface area contributed by atoms with Crippen molar-refractivity contribution in [2.45, 2.75) is 6.54 Å². The smallest absolute Gasteiger partial charge is 0.315 e. The van der Waals surface area contributed by atoms with E-state index in [0.717, 1.165) is 24.3 Å². The molecule has 1 heterocycles. The van der Waals surface area contributed by atoms with E-state index < -0.39 is 0 Å². The van der Waals surface area contributed by atoms with E-state index in [1.165, 1.54) is 0 Å². The maximum atomic E-state index is 12.3. The number of nitrogens with one attached hydrogen (secondary N) is 2. The zero-order valence-electron chi connectivity index (χ0n) is 15.0. The fourth-order valence-corrected chi connectivity index (χ4v) is 3.27. The molecular weight excluding hydrogens is 364 g/mol. The van der Waals surface area contributed by atoms with E-state index in [0.29, 0.717) is 24.7 Å². The average molecular weight is 387 g/mol. The summed E-state index contributed by atoms with van der Waals surface area (Å²) in [6.07, 6.45) is 0. The van der Waals surface area contributed by atoms with E-state index >= 15 is 0 Å². The lowest BCUT2D eigenvalue weighted by Gasteiger charge is -2.36. The van der Waals surface area contributed by atoms with Crippen molar-refractivity contribution in [2.24, 2.45) is 0 Å². The highest BCUT2D eigenvalue weighted by Gasteiger charge is 2.22. The van der Waals surface area contributed by atoms with Crippen LogP contribution in [0, 0.1) is 0 Å². The Morgan fingerprint density at radius 3 is 2.26 bits per heavy atom. The normalized spacial score (nSPS) is 14.0. The van der Waals surface area contributed by atoms with Crippen LogP contribution in [0.15, 0.2) is 54.6 Å². The SMILES string of the molecule is O=C(NCC(=O)N1CCN(c2ccccc2Cl)CC1)NCc1ccccc1. The highest BCUT2D eigenvalue weighted by Crippen LogP contribution is 2.25. The molecule has 3 rings (SSSR count). The van der Waals surface area contributed by atoms with Crippen LogP contribution >= 0.6 is 11.6 Å². The molecule has 142 valence electrons. The highest BCUT2D eigenvalue weighted by molar-refractivity contribution is 6.33.